The monoisotopic (exact) mass is 257 g/mol. The Kier molecular flexibility index (Phi) is 3.22. The Morgan fingerprint density at radius 3 is 2.65 bits per heavy atom. The zero-order chi connectivity index (χ0) is 12.5. The average Bonchev–Trinajstić information content (AvgIpc) is 2.29. The van der Waals surface area contributed by atoms with E-state index in [1.807, 2.05) is 0 Å². The summed E-state index contributed by atoms with van der Waals surface area (Å²) >= 11 is 5.94. The zero-order valence-electron chi connectivity index (χ0n) is 8.83. The van der Waals surface area contributed by atoms with Gasteiger partial charge in [-0.25, -0.2) is 0 Å². The van der Waals surface area contributed by atoms with Crippen molar-refractivity contribution in [2.24, 2.45) is 5.73 Å². The summed E-state index contributed by atoms with van der Waals surface area (Å²) in [5, 5.41) is 7.65. The number of alkyl halides is 2. The Hall–Kier alpha value is -1.33. The minimum Gasteiger partial charge on any atom is -0.330 e. The molecule has 17 heavy (non-hydrogen) atoms. The van der Waals surface area contributed by atoms with Gasteiger partial charge in [0.25, 0.3) is 5.92 Å². The Bertz CT molecular complexity index is 545. The average molecular weight is 258 g/mol. The predicted octanol–water partition coefficient (Wildman–Crippen LogP) is 2.72. The van der Waals surface area contributed by atoms with Gasteiger partial charge in [0.1, 0.15) is 0 Å². The fraction of sp³-hybridized carbons (Fsp3) is 0.273. The summed E-state index contributed by atoms with van der Waals surface area (Å²) < 4.78 is 27.4. The molecule has 0 aliphatic carbocycles. The fourth-order valence-corrected chi connectivity index (χ4v) is 1.89. The molecular formula is C11H10ClF2N3. The molecule has 0 saturated carbocycles. The van der Waals surface area contributed by atoms with Crippen LogP contribution in [0.5, 0.6) is 0 Å². The summed E-state index contributed by atoms with van der Waals surface area (Å²) in [6.07, 6.45) is -0.500. The standard InChI is InChI=1S/C11H10ClF2N3/c12-9-7-3-1-2-4-8(7)16-17-10(9)11(13,14)5-6-15/h1-4H,5-6,15H2. The molecule has 0 amide bonds. The lowest BCUT2D eigenvalue weighted by molar-refractivity contribution is -0.0156. The van der Waals surface area contributed by atoms with Crippen LogP contribution >= 0.6 is 11.6 Å². The molecule has 0 aliphatic rings. The SMILES string of the molecule is NCCC(F)(F)c1nnc2ccccc2c1Cl. The number of nitrogens with two attached hydrogens (primary N) is 1. The van der Waals surface area contributed by atoms with E-state index in [1.165, 1.54) is 0 Å². The molecule has 0 spiro atoms. The van der Waals surface area contributed by atoms with Gasteiger partial charge in [-0.1, -0.05) is 29.8 Å². The Morgan fingerprint density at radius 1 is 1.24 bits per heavy atom. The summed E-state index contributed by atoms with van der Waals surface area (Å²) in [6, 6.07) is 6.75. The first-order valence-electron chi connectivity index (χ1n) is 5.05. The normalized spacial score (nSPS) is 12.0. The molecule has 0 atom stereocenters. The number of halogens is 3. The molecule has 0 radical (unpaired) electrons. The molecule has 2 rings (SSSR count). The summed E-state index contributed by atoms with van der Waals surface area (Å²) in [7, 11) is 0. The van der Waals surface area contributed by atoms with Crippen LogP contribution in [0.25, 0.3) is 10.9 Å². The van der Waals surface area contributed by atoms with E-state index in [0.717, 1.165) is 0 Å². The van der Waals surface area contributed by atoms with Crippen molar-refractivity contribution in [1.82, 2.24) is 10.2 Å². The first-order valence-corrected chi connectivity index (χ1v) is 5.43. The topological polar surface area (TPSA) is 51.8 Å². The van der Waals surface area contributed by atoms with Crippen molar-refractivity contribution >= 4 is 22.5 Å². The number of benzene rings is 1. The van der Waals surface area contributed by atoms with Crippen molar-refractivity contribution in [3.8, 4) is 0 Å². The third-order valence-corrected chi connectivity index (χ3v) is 2.79. The highest BCUT2D eigenvalue weighted by Gasteiger charge is 2.35. The summed E-state index contributed by atoms with van der Waals surface area (Å²) in [5.41, 5.74) is 5.12. The number of hydrogen-bond acceptors (Lipinski definition) is 3. The number of rotatable bonds is 3. The molecule has 1 aromatic carbocycles. The van der Waals surface area contributed by atoms with E-state index in [1.54, 1.807) is 24.3 Å². The molecule has 1 heterocycles. The molecule has 6 heteroatoms. The lowest BCUT2D eigenvalue weighted by atomic mass is 10.1. The lowest BCUT2D eigenvalue weighted by Crippen LogP contribution is -2.21. The highest BCUT2D eigenvalue weighted by atomic mass is 35.5. The zero-order valence-corrected chi connectivity index (χ0v) is 9.59. The van der Waals surface area contributed by atoms with Gasteiger partial charge in [0.05, 0.1) is 10.5 Å². The first kappa shape index (κ1) is 12.1. The second kappa shape index (κ2) is 4.50. The minimum absolute atomic E-state index is 0.0611. The third kappa shape index (κ3) is 2.21. The largest absolute Gasteiger partial charge is 0.330 e. The molecule has 0 saturated heterocycles. The van der Waals surface area contributed by atoms with Crippen molar-refractivity contribution < 1.29 is 8.78 Å². The van der Waals surface area contributed by atoms with Crippen LogP contribution < -0.4 is 5.73 Å². The van der Waals surface area contributed by atoms with Gasteiger partial charge in [-0.05, 0) is 12.6 Å². The molecule has 0 unspecified atom stereocenters. The van der Waals surface area contributed by atoms with E-state index >= 15 is 0 Å². The Labute approximate surface area is 102 Å². The molecular weight excluding hydrogens is 248 g/mol. The van der Waals surface area contributed by atoms with Crippen LogP contribution in [0.3, 0.4) is 0 Å². The Morgan fingerprint density at radius 2 is 1.94 bits per heavy atom. The summed E-state index contributed by atoms with van der Waals surface area (Å²) in [4.78, 5) is 0. The maximum absolute atomic E-state index is 13.7. The van der Waals surface area contributed by atoms with Crippen molar-refractivity contribution in [3.63, 3.8) is 0 Å². The number of hydrogen-bond donors (Lipinski definition) is 1. The van der Waals surface area contributed by atoms with Gasteiger partial charge in [-0.15, -0.1) is 10.2 Å². The van der Waals surface area contributed by atoms with E-state index in [9.17, 15) is 8.78 Å². The van der Waals surface area contributed by atoms with Gasteiger partial charge in [0.2, 0.25) is 0 Å². The molecule has 1 aromatic heterocycles. The van der Waals surface area contributed by atoms with Crippen LogP contribution in [0.2, 0.25) is 5.02 Å². The van der Waals surface area contributed by atoms with Crippen molar-refractivity contribution in [3.05, 3.63) is 35.0 Å². The predicted molar refractivity (Wildman–Crippen MR) is 62.1 cm³/mol. The van der Waals surface area contributed by atoms with E-state index in [-0.39, 0.29) is 11.6 Å². The van der Waals surface area contributed by atoms with Gasteiger partial charge >= 0.3 is 0 Å². The van der Waals surface area contributed by atoms with E-state index in [0.29, 0.717) is 10.9 Å². The van der Waals surface area contributed by atoms with Gasteiger partial charge in [-0.2, -0.15) is 8.78 Å². The van der Waals surface area contributed by atoms with Crippen molar-refractivity contribution in [2.45, 2.75) is 12.3 Å². The van der Waals surface area contributed by atoms with Gasteiger partial charge in [-0.3, -0.25) is 0 Å². The number of nitrogens with zero attached hydrogens (tertiary/aromatic N) is 2. The van der Waals surface area contributed by atoms with Crippen molar-refractivity contribution in [1.29, 1.82) is 0 Å². The van der Waals surface area contributed by atoms with Crippen LogP contribution in [-0.2, 0) is 5.92 Å². The van der Waals surface area contributed by atoms with Gasteiger partial charge < -0.3 is 5.73 Å². The van der Waals surface area contributed by atoms with Crippen LogP contribution in [0.4, 0.5) is 8.78 Å². The molecule has 0 aliphatic heterocycles. The van der Waals surface area contributed by atoms with Crippen molar-refractivity contribution in [2.75, 3.05) is 6.54 Å². The fourth-order valence-electron chi connectivity index (χ4n) is 1.56. The quantitative estimate of drug-likeness (QED) is 0.920. The van der Waals surface area contributed by atoms with Crippen LogP contribution in [0.15, 0.2) is 24.3 Å². The maximum atomic E-state index is 13.7. The molecule has 2 aromatic rings. The number of fused-ring (bicyclic) bond motifs is 1. The van der Waals surface area contributed by atoms with E-state index in [4.69, 9.17) is 17.3 Å². The summed E-state index contributed by atoms with van der Waals surface area (Å²) in [6.45, 7) is -0.141. The van der Waals surface area contributed by atoms with Gasteiger partial charge in [0.15, 0.2) is 5.69 Å². The first-order chi connectivity index (χ1) is 8.06. The van der Waals surface area contributed by atoms with Crippen LogP contribution in [0, 0.1) is 0 Å². The Balaban J connectivity index is 2.60. The second-order valence-electron chi connectivity index (χ2n) is 3.62. The van der Waals surface area contributed by atoms with E-state index < -0.39 is 18.0 Å². The molecule has 0 fully saturated rings. The molecule has 3 nitrogen and oxygen atoms in total. The molecule has 0 bridgehead atoms. The summed E-state index contributed by atoms with van der Waals surface area (Å²) in [5.74, 6) is -3.15. The van der Waals surface area contributed by atoms with Crippen LogP contribution in [-0.4, -0.2) is 16.7 Å². The lowest BCUT2D eigenvalue weighted by Gasteiger charge is -2.15. The molecule has 90 valence electrons. The second-order valence-corrected chi connectivity index (χ2v) is 4.00. The third-order valence-electron chi connectivity index (χ3n) is 2.41. The highest BCUT2D eigenvalue weighted by molar-refractivity contribution is 6.35. The minimum atomic E-state index is -3.15. The molecule has 2 N–H and O–H groups in total. The van der Waals surface area contributed by atoms with Gasteiger partial charge in [0, 0.05) is 11.8 Å². The van der Waals surface area contributed by atoms with Crippen LogP contribution in [0.1, 0.15) is 12.1 Å². The van der Waals surface area contributed by atoms with E-state index in [2.05, 4.69) is 10.2 Å². The smallest absolute Gasteiger partial charge is 0.294 e. The maximum Gasteiger partial charge on any atom is 0.294 e. The highest BCUT2D eigenvalue weighted by Crippen LogP contribution is 2.36. The number of aromatic nitrogens is 2.